The molecule has 4 N–H and O–H groups in total. The Morgan fingerprint density at radius 2 is 1.79 bits per heavy atom. The molecule has 1 fully saturated rings. The van der Waals surface area contributed by atoms with E-state index in [4.69, 9.17) is 5.73 Å². The second kappa shape index (κ2) is 9.37. The number of amides is 3. The van der Waals surface area contributed by atoms with Crippen molar-refractivity contribution < 1.29 is 9.59 Å². The number of rotatable bonds is 6. The summed E-state index contributed by atoms with van der Waals surface area (Å²) in [4.78, 5) is 26.5. The van der Waals surface area contributed by atoms with Gasteiger partial charge < -0.3 is 21.3 Å². The zero-order valence-corrected chi connectivity index (χ0v) is 16.2. The normalized spacial score (nSPS) is 15.7. The molecule has 1 saturated heterocycles. The van der Waals surface area contributed by atoms with E-state index in [0.29, 0.717) is 6.54 Å². The monoisotopic (exact) mass is 380 g/mol. The van der Waals surface area contributed by atoms with E-state index >= 15 is 0 Å². The fourth-order valence-corrected chi connectivity index (χ4v) is 3.36. The maximum absolute atomic E-state index is 12.5. The Bertz CT molecular complexity index is 803. The third kappa shape index (κ3) is 5.10. The average molecular weight is 380 g/mol. The number of nitrogens with one attached hydrogen (secondary N) is 2. The fourth-order valence-electron chi connectivity index (χ4n) is 3.36. The highest BCUT2D eigenvalue weighted by Crippen LogP contribution is 2.19. The van der Waals surface area contributed by atoms with Crippen LogP contribution in [0.5, 0.6) is 0 Å². The minimum atomic E-state index is -0.354. The maximum atomic E-state index is 12.5. The molecular formula is C22H28N4O2. The minimum absolute atomic E-state index is 0.0684. The van der Waals surface area contributed by atoms with Crippen molar-refractivity contribution in [3.05, 3.63) is 65.7 Å². The molecule has 2 unspecified atom stereocenters. The lowest BCUT2D eigenvalue weighted by atomic mass is 9.94. The number of nitrogens with zero attached hydrogens (tertiary/aromatic N) is 1. The van der Waals surface area contributed by atoms with Crippen molar-refractivity contribution in [3.8, 4) is 0 Å². The Balaban J connectivity index is 1.53. The predicted octanol–water partition coefficient (Wildman–Crippen LogP) is 3.27. The molecule has 0 saturated carbocycles. The van der Waals surface area contributed by atoms with Crippen LogP contribution in [0.25, 0.3) is 0 Å². The smallest absolute Gasteiger partial charge is 0.321 e. The first-order chi connectivity index (χ1) is 13.5. The molecule has 0 aliphatic carbocycles. The lowest BCUT2D eigenvalue weighted by molar-refractivity contribution is -0.125. The Labute approximate surface area is 166 Å². The van der Waals surface area contributed by atoms with E-state index in [1.807, 2.05) is 66.4 Å². The summed E-state index contributed by atoms with van der Waals surface area (Å²) in [6.45, 7) is 3.83. The van der Waals surface area contributed by atoms with Crippen LogP contribution < -0.4 is 16.4 Å². The fraction of sp³-hybridized carbons (Fsp3) is 0.364. The van der Waals surface area contributed by atoms with Crippen LogP contribution in [0.1, 0.15) is 36.9 Å². The molecule has 148 valence electrons. The molecule has 0 bridgehead atoms. The number of carbonyl (C=O) groups is 2. The van der Waals surface area contributed by atoms with E-state index in [-0.39, 0.29) is 23.9 Å². The van der Waals surface area contributed by atoms with Gasteiger partial charge in [-0.25, -0.2) is 4.79 Å². The molecule has 2 aromatic carbocycles. The van der Waals surface area contributed by atoms with Crippen LogP contribution in [0, 0.1) is 5.92 Å². The maximum Gasteiger partial charge on any atom is 0.321 e. The Morgan fingerprint density at radius 3 is 2.50 bits per heavy atom. The molecule has 3 amide bonds. The average Bonchev–Trinajstić information content (AvgIpc) is 3.27. The zero-order valence-electron chi connectivity index (χ0n) is 16.2. The summed E-state index contributed by atoms with van der Waals surface area (Å²) in [5.74, 6) is -0.441. The number of hydrogen-bond acceptors (Lipinski definition) is 3. The van der Waals surface area contributed by atoms with Crippen LogP contribution in [0.15, 0.2) is 54.6 Å². The summed E-state index contributed by atoms with van der Waals surface area (Å²) in [7, 11) is 0. The highest BCUT2D eigenvalue weighted by molar-refractivity contribution is 5.89. The lowest BCUT2D eigenvalue weighted by Crippen LogP contribution is -2.35. The van der Waals surface area contributed by atoms with Crippen LogP contribution in [0.4, 0.5) is 10.5 Å². The third-order valence-corrected chi connectivity index (χ3v) is 5.17. The van der Waals surface area contributed by atoms with Gasteiger partial charge in [-0.1, -0.05) is 49.4 Å². The molecule has 2 aromatic rings. The van der Waals surface area contributed by atoms with E-state index in [2.05, 4.69) is 10.6 Å². The molecule has 0 spiro atoms. The quantitative estimate of drug-likeness (QED) is 0.719. The number of benzene rings is 2. The molecular weight excluding hydrogens is 352 g/mol. The summed E-state index contributed by atoms with van der Waals surface area (Å²) >= 11 is 0. The van der Waals surface area contributed by atoms with E-state index < -0.39 is 0 Å². The van der Waals surface area contributed by atoms with Gasteiger partial charge in [-0.2, -0.15) is 0 Å². The number of anilines is 1. The number of nitrogens with two attached hydrogens (primary N) is 1. The second-order valence-corrected chi connectivity index (χ2v) is 7.27. The first kappa shape index (κ1) is 19.9. The van der Waals surface area contributed by atoms with Crippen molar-refractivity contribution in [2.24, 2.45) is 11.7 Å². The molecule has 0 aromatic heterocycles. The van der Waals surface area contributed by atoms with Gasteiger partial charge in [0.1, 0.15) is 0 Å². The predicted molar refractivity (Wildman–Crippen MR) is 111 cm³/mol. The van der Waals surface area contributed by atoms with Crippen molar-refractivity contribution in [1.29, 1.82) is 0 Å². The van der Waals surface area contributed by atoms with Crippen molar-refractivity contribution in [2.45, 2.75) is 32.4 Å². The molecule has 6 heteroatoms. The minimum Gasteiger partial charge on any atom is -0.352 e. The van der Waals surface area contributed by atoms with E-state index in [9.17, 15) is 9.59 Å². The summed E-state index contributed by atoms with van der Waals surface area (Å²) in [6.07, 6.45) is 2.12. The summed E-state index contributed by atoms with van der Waals surface area (Å²) in [6, 6.07) is 16.7. The Morgan fingerprint density at radius 1 is 1.07 bits per heavy atom. The molecule has 3 rings (SSSR count). The summed E-state index contributed by atoms with van der Waals surface area (Å²) in [5.41, 5.74) is 8.83. The molecule has 1 aliphatic heterocycles. The molecule has 0 radical (unpaired) electrons. The second-order valence-electron chi connectivity index (χ2n) is 7.27. The van der Waals surface area contributed by atoms with Gasteiger partial charge in [0, 0.05) is 31.4 Å². The van der Waals surface area contributed by atoms with Gasteiger partial charge in [0.05, 0.1) is 5.92 Å². The van der Waals surface area contributed by atoms with Crippen molar-refractivity contribution in [1.82, 2.24) is 10.2 Å². The molecule has 6 nitrogen and oxygen atoms in total. The van der Waals surface area contributed by atoms with Crippen molar-refractivity contribution >= 4 is 17.6 Å². The van der Waals surface area contributed by atoms with Crippen molar-refractivity contribution in [2.75, 3.05) is 18.4 Å². The van der Waals surface area contributed by atoms with Crippen LogP contribution in [0.3, 0.4) is 0 Å². The Kier molecular flexibility index (Phi) is 6.66. The summed E-state index contributed by atoms with van der Waals surface area (Å²) in [5, 5.41) is 5.87. The lowest BCUT2D eigenvalue weighted by Gasteiger charge is -2.20. The van der Waals surface area contributed by atoms with Gasteiger partial charge in [0.15, 0.2) is 0 Å². The molecule has 1 aliphatic rings. The van der Waals surface area contributed by atoms with Gasteiger partial charge in [0.25, 0.3) is 0 Å². The van der Waals surface area contributed by atoms with Gasteiger partial charge in [-0.3, -0.25) is 4.79 Å². The van der Waals surface area contributed by atoms with Crippen molar-refractivity contribution in [3.63, 3.8) is 0 Å². The highest BCUT2D eigenvalue weighted by Gasteiger charge is 2.22. The number of urea groups is 1. The highest BCUT2D eigenvalue weighted by atomic mass is 16.2. The van der Waals surface area contributed by atoms with E-state index in [1.54, 1.807) is 0 Å². The van der Waals surface area contributed by atoms with Gasteiger partial charge in [-0.15, -0.1) is 0 Å². The number of likely N-dealkylation sites (tertiary alicyclic amines) is 1. The number of carbonyl (C=O) groups excluding carboxylic acids is 2. The van der Waals surface area contributed by atoms with E-state index in [1.165, 1.54) is 0 Å². The van der Waals surface area contributed by atoms with Crippen LogP contribution >= 0.6 is 0 Å². The van der Waals surface area contributed by atoms with Crippen LogP contribution in [-0.2, 0) is 11.3 Å². The van der Waals surface area contributed by atoms with Gasteiger partial charge in [0.2, 0.25) is 5.91 Å². The summed E-state index contributed by atoms with van der Waals surface area (Å²) < 4.78 is 0. The van der Waals surface area contributed by atoms with Crippen LogP contribution in [-0.4, -0.2) is 29.9 Å². The molecule has 2 atom stereocenters. The Hall–Kier alpha value is -2.86. The molecule has 1 heterocycles. The first-order valence-electron chi connectivity index (χ1n) is 9.77. The SMILES string of the molecule is CC(C(=O)NCc1cccc(NC(=O)N2CCCC2)c1)C(N)c1ccccc1. The zero-order chi connectivity index (χ0) is 19.9. The van der Waals surface area contributed by atoms with E-state index in [0.717, 1.165) is 42.7 Å². The van der Waals surface area contributed by atoms with Crippen LogP contribution in [0.2, 0.25) is 0 Å². The molecule has 28 heavy (non-hydrogen) atoms. The van der Waals surface area contributed by atoms with Gasteiger partial charge in [-0.05, 0) is 36.1 Å². The first-order valence-corrected chi connectivity index (χ1v) is 9.77. The largest absolute Gasteiger partial charge is 0.352 e. The topological polar surface area (TPSA) is 87.5 Å². The van der Waals surface area contributed by atoms with Gasteiger partial charge >= 0.3 is 6.03 Å². The standard InChI is InChI=1S/C22H28N4O2/c1-16(20(23)18-9-3-2-4-10-18)21(27)24-15-17-8-7-11-19(14-17)25-22(28)26-12-5-6-13-26/h2-4,7-11,14,16,20H,5-6,12-13,15,23H2,1H3,(H,24,27)(H,25,28). The number of hydrogen-bond donors (Lipinski definition) is 3. The third-order valence-electron chi connectivity index (χ3n) is 5.17.